The Labute approximate surface area is 110 Å². The molecule has 94 valence electrons. The minimum Gasteiger partial charge on any atom is -0.466 e. The maximum absolute atomic E-state index is 12.6. The van der Waals surface area contributed by atoms with Gasteiger partial charge in [0.2, 0.25) is 5.56 Å². The van der Waals surface area contributed by atoms with Crippen molar-refractivity contribution in [3.63, 3.8) is 0 Å². The summed E-state index contributed by atoms with van der Waals surface area (Å²) in [5, 5.41) is 0. The zero-order valence-corrected chi connectivity index (χ0v) is 11.1. The fraction of sp³-hybridized carbons (Fsp3) is 0.400. The average molecular weight is 357 g/mol. The van der Waals surface area contributed by atoms with Crippen molar-refractivity contribution in [1.82, 2.24) is 4.98 Å². The van der Waals surface area contributed by atoms with Gasteiger partial charge in [0.05, 0.1) is 13.0 Å². The van der Waals surface area contributed by atoms with Gasteiger partial charge in [-0.2, -0.15) is 0 Å². The Morgan fingerprint density at radius 2 is 2.24 bits per heavy atom. The lowest BCUT2D eigenvalue weighted by molar-refractivity contribution is -0.142. The lowest BCUT2D eigenvalue weighted by Crippen LogP contribution is -2.17. The highest BCUT2D eigenvalue weighted by atomic mass is 127. The predicted molar refractivity (Wildman–Crippen MR) is 65.1 cm³/mol. The summed E-state index contributed by atoms with van der Waals surface area (Å²) in [5.41, 5.74) is -0.861. The summed E-state index contributed by atoms with van der Waals surface area (Å²) >= 11 is 1.68. The smallest absolute Gasteiger partial charge is 0.311 e. The van der Waals surface area contributed by atoms with E-state index in [4.69, 9.17) is 0 Å². The lowest BCUT2D eigenvalue weighted by Gasteiger charge is -2.08. The SMILES string of the molecule is CCOC(=O)Cc1[nH]c(=O)cc(C(F)F)c1I. The van der Waals surface area contributed by atoms with Crippen LogP contribution in [0.25, 0.3) is 0 Å². The van der Waals surface area contributed by atoms with Gasteiger partial charge < -0.3 is 9.72 Å². The molecule has 0 fully saturated rings. The molecule has 7 heteroatoms. The van der Waals surface area contributed by atoms with Crippen molar-refractivity contribution in [2.45, 2.75) is 19.8 Å². The van der Waals surface area contributed by atoms with Crippen LogP contribution >= 0.6 is 22.6 Å². The molecular weight excluding hydrogens is 347 g/mol. The number of hydrogen-bond donors (Lipinski definition) is 1. The average Bonchev–Trinajstić information content (AvgIpc) is 2.22. The molecular formula is C10H10F2INO3. The van der Waals surface area contributed by atoms with Gasteiger partial charge in [-0.15, -0.1) is 0 Å². The predicted octanol–water partition coefficient (Wildman–Crippen LogP) is 2.02. The number of alkyl halides is 2. The number of carbonyl (C=O) groups excluding carboxylic acids is 1. The van der Waals surface area contributed by atoms with E-state index in [0.717, 1.165) is 6.07 Å². The highest BCUT2D eigenvalue weighted by Gasteiger charge is 2.18. The maximum atomic E-state index is 12.6. The molecule has 0 bridgehead atoms. The molecule has 4 nitrogen and oxygen atoms in total. The number of nitrogens with one attached hydrogen (secondary N) is 1. The van der Waals surface area contributed by atoms with Crippen LogP contribution in [0.15, 0.2) is 10.9 Å². The molecule has 1 rings (SSSR count). The molecule has 0 aliphatic rings. The molecule has 1 N–H and O–H groups in total. The van der Waals surface area contributed by atoms with E-state index in [1.54, 1.807) is 29.5 Å². The molecule has 0 unspecified atom stereocenters. The Morgan fingerprint density at radius 1 is 1.59 bits per heavy atom. The fourth-order valence-corrected chi connectivity index (χ4v) is 1.97. The van der Waals surface area contributed by atoms with Gasteiger partial charge in [0.15, 0.2) is 0 Å². The first-order chi connectivity index (χ1) is 7.95. The molecule has 0 aliphatic heterocycles. The molecule has 0 saturated carbocycles. The molecule has 0 atom stereocenters. The number of H-pyrrole nitrogens is 1. The van der Waals surface area contributed by atoms with Gasteiger partial charge in [0.1, 0.15) is 0 Å². The Morgan fingerprint density at radius 3 is 2.76 bits per heavy atom. The summed E-state index contributed by atoms with van der Waals surface area (Å²) in [6.07, 6.45) is -2.97. The van der Waals surface area contributed by atoms with E-state index in [-0.39, 0.29) is 27.9 Å². The third kappa shape index (κ3) is 3.76. The maximum Gasteiger partial charge on any atom is 0.311 e. The number of hydrogen-bond acceptors (Lipinski definition) is 3. The van der Waals surface area contributed by atoms with Crippen LogP contribution in [-0.2, 0) is 16.0 Å². The molecule has 0 aliphatic carbocycles. The zero-order valence-electron chi connectivity index (χ0n) is 8.93. The minimum atomic E-state index is -2.75. The van der Waals surface area contributed by atoms with Crippen molar-refractivity contribution in [1.29, 1.82) is 0 Å². The molecule has 1 aromatic rings. The van der Waals surface area contributed by atoms with Gasteiger partial charge in [-0.3, -0.25) is 9.59 Å². The largest absolute Gasteiger partial charge is 0.466 e. The number of rotatable bonds is 4. The van der Waals surface area contributed by atoms with Crippen LogP contribution in [0.4, 0.5) is 8.78 Å². The molecule has 17 heavy (non-hydrogen) atoms. The molecule has 1 heterocycles. The van der Waals surface area contributed by atoms with Gasteiger partial charge in [-0.25, -0.2) is 8.78 Å². The topological polar surface area (TPSA) is 59.2 Å². The van der Waals surface area contributed by atoms with E-state index in [1.165, 1.54) is 0 Å². The molecule has 0 amide bonds. The summed E-state index contributed by atoms with van der Waals surface area (Å²) < 4.78 is 30.1. The summed E-state index contributed by atoms with van der Waals surface area (Å²) in [5.74, 6) is -0.563. The molecule has 0 spiro atoms. The van der Waals surface area contributed by atoms with Crippen LogP contribution < -0.4 is 5.56 Å². The third-order valence-corrected chi connectivity index (χ3v) is 3.21. The molecule has 0 radical (unpaired) electrons. The second-order valence-corrected chi connectivity index (χ2v) is 4.24. The van der Waals surface area contributed by atoms with Crippen molar-refractivity contribution < 1.29 is 18.3 Å². The zero-order chi connectivity index (χ0) is 13.0. The molecule has 0 saturated heterocycles. The summed E-state index contributed by atoms with van der Waals surface area (Å²) in [6.45, 7) is 1.84. The first kappa shape index (κ1) is 14.1. The molecule has 1 aromatic heterocycles. The van der Waals surface area contributed by atoms with Gasteiger partial charge >= 0.3 is 5.97 Å². The van der Waals surface area contributed by atoms with Crippen LogP contribution in [0.2, 0.25) is 0 Å². The Hall–Kier alpha value is -0.990. The monoisotopic (exact) mass is 357 g/mol. The minimum absolute atomic E-state index is 0.159. The van der Waals surface area contributed by atoms with Crippen molar-refractivity contribution in [3.05, 3.63) is 31.2 Å². The quantitative estimate of drug-likeness (QED) is 0.663. The van der Waals surface area contributed by atoms with E-state index in [2.05, 4.69) is 9.72 Å². The highest BCUT2D eigenvalue weighted by Crippen LogP contribution is 2.24. The standard InChI is InChI=1S/C10H10F2INO3/c1-2-17-8(16)4-6-9(13)5(10(11)12)3-7(15)14-6/h3,10H,2,4H2,1H3,(H,14,15). The highest BCUT2D eigenvalue weighted by molar-refractivity contribution is 14.1. The number of aromatic nitrogens is 1. The Bertz CT molecular complexity index is 473. The number of halogens is 3. The van der Waals surface area contributed by atoms with E-state index >= 15 is 0 Å². The summed E-state index contributed by atoms with van der Waals surface area (Å²) in [4.78, 5) is 24.7. The Kier molecular flexibility index (Phi) is 5.03. The number of ether oxygens (including phenoxy) is 1. The second-order valence-electron chi connectivity index (χ2n) is 3.16. The van der Waals surface area contributed by atoms with Crippen LogP contribution in [-0.4, -0.2) is 17.6 Å². The first-order valence-electron chi connectivity index (χ1n) is 4.81. The van der Waals surface area contributed by atoms with E-state index in [9.17, 15) is 18.4 Å². The van der Waals surface area contributed by atoms with Gasteiger partial charge in [-0.05, 0) is 29.5 Å². The Balaban J connectivity index is 3.08. The van der Waals surface area contributed by atoms with E-state index in [1.807, 2.05) is 0 Å². The van der Waals surface area contributed by atoms with Gasteiger partial charge in [-0.1, -0.05) is 0 Å². The van der Waals surface area contributed by atoms with E-state index < -0.39 is 18.0 Å². The summed E-state index contributed by atoms with van der Waals surface area (Å²) in [6, 6.07) is 0.834. The number of esters is 1. The van der Waals surface area contributed by atoms with Crippen molar-refractivity contribution in [2.75, 3.05) is 6.61 Å². The first-order valence-corrected chi connectivity index (χ1v) is 5.89. The third-order valence-electron chi connectivity index (χ3n) is 1.94. The van der Waals surface area contributed by atoms with Crippen molar-refractivity contribution >= 4 is 28.6 Å². The van der Waals surface area contributed by atoms with Crippen LogP contribution in [0.1, 0.15) is 24.6 Å². The van der Waals surface area contributed by atoms with Gasteiger partial charge in [0.25, 0.3) is 6.43 Å². The fourth-order valence-electron chi connectivity index (χ4n) is 1.26. The van der Waals surface area contributed by atoms with E-state index in [0.29, 0.717) is 0 Å². The van der Waals surface area contributed by atoms with Crippen molar-refractivity contribution in [3.8, 4) is 0 Å². The summed E-state index contributed by atoms with van der Waals surface area (Å²) in [7, 11) is 0. The van der Waals surface area contributed by atoms with Crippen LogP contribution in [0.3, 0.4) is 0 Å². The molecule has 0 aromatic carbocycles. The van der Waals surface area contributed by atoms with Crippen LogP contribution in [0.5, 0.6) is 0 Å². The second kappa shape index (κ2) is 6.08. The van der Waals surface area contributed by atoms with Crippen molar-refractivity contribution in [2.24, 2.45) is 0 Å². The number of carbonyl (C=O) groups is 1. The number of pyridine rings is 1. The normalized spacial score (nSPS) is 10.6. The lowest BCUT2D eigenvalue weighted by atomic mass is 10.2. The van der Waals surface area contributed by atoms with Gasteiger partial charge in [0, 0.05) is 20.9 Å². The number of aromatic amines is 1. The van der Waals surface area contributed by atoms with Crippen LogP contribution in [0, 0.1) is 3.57 Å².